The van der Waals surface area contributed by atoms with Crippen molar-refractivity contribution in [1.29, 1.82) is 0 Å². The van der Waals surface area contributed by atoms with Crippen LogP contribution in [0.1, 0.15) is 36.1 Å². The van der Waals surface area contributed by atoms with Crippen LogP contribution in [0.25, 0.3) is 17.0 Å². The van der Waals surface area contributed by atoms with Crippen LogP contribution in [-0.4, -0.2) is 42.3 Å². The number of pyridine rings is 1. The number of benzene rings is 1. The lowest BCUT2D eigenvalue weighted by molar-refractivity contribution is -0.135. The Morgan fingerprint density at radius 2 is 2.00 bits per heavy atom. The van der Waals surface area contributed by atoms with Gasteiger partial charge in [-0.15, -0.1) is 0 Å². The van der Waals surface area contributed by atoms with Gasteiger partial charge in [0.25, 0.3) is 0 Å². The molecular weight excluding hydrogens is 471 g/mol. The first-order valence-corrected chi connectivity index (χ1v) is 12.2. The topological polar surface area (TPSA) is 97.3 Å². The summed E-state index contributed by atoms with van der Waals surface area (Å²) in [6.45, 7) is 1.83. The van der Waals surface area contributed by atoms with Gasteiger partial charge in [-0.1, -0.05) is 30.3 Å². The van der Waals surface area contributed by atoms with E-state index in [-0.39, 0.29) is 48.1 Å². The number of nitrogens with zero attached hydrogens (tertiary/aromatic N) is 4. The van der Waals surface area contributed by atoms with Crippen LogP contribution in [0.2, 0.25) is 0 Å². The summed E-state index contributed by atoms with van der Waals surface area (Å²) in [7, 11) is -3.91. The SMILES string of the molecule is C[C@H]1Nc2nc(nc3cnc(N4CCCS4(=O)=O)c(C(F)(F)F)c23)OC/C=C\c2ccccc21. The second-order valence-corrected chi connectivity index (χ2v) is 10.0. The zero-order valence-electron chi connectivity index (χ0n) is 18.0. The van der Waals surface area contributed by atoms with Gasteiger partial charge in [0.2, 0.25) is 10.0 Å². The van der Waals surface area contributed by atoms with Gasteiger partial charge in [-0.2, -0.15) is 23.1 Å². The molecule has 0 radical (unpaired) electrons. The van der Waals surface area contributed by atoms with Gasteiger partial charge >= 0.3 is 12.2 Å². The number of aromatic nitrogens is 3. The van der Waals surface area contributed by atoms with Crippen LogP contribution in [-0.2, 0) is 16.2 Å². The van der Waals surface area contributed by atoms with E-state index in [9.17, 15) is 21.6 Å². The molecule has 1 saturated heterocycles. The Hall–Kier alpha value is -3.41. The van der Waals surface area contributed by atoms with Gasteiger partial charge in [-0.05, 0) is 30.5 Å². The quantitative estimate of drug-likeness (QED) is 0.546. The predicted molar refractivity (Wildman–Crippen MR) is 121 cm³/mol. The Morgan fingerprint density at radius 3 is 2.74 bits per heavy atom. The van der Waals surface area contributed by atoms with Gasteiger partial charge in [0, 0.05) is 6.54 Å². The summed E-state index contributed by atoms with van der Waals surface area (Å²) in [5.74, 6) is -1.02. The maximum absolute atomic E-state index is 14.5. The largest absolute Gasteiger partial charge is 0.459 e. The van der Waals surface area contributed by atoms with Gasteiger partial charge in [-0.3, -0.25) is 4.31 Å². The smallest absolute Gasteiger partial charge is 0.420 e. The van der Waals surface area contributed by atoms with E-state index in [0.717, 1.165) is 21.6 Å². The Kier molecular flexibility index (Phi) is 5.34. The van der Waals surface area contributed by atoms with Crippen LogP contribution in [0, 0.1) is 0 Å². The Balaban J connectivity index is 1.77. The van der Waals surface area contributed by atoms with E-state index >= 15 is 0 Å². The number of nitrogens with one attached hydrogen (secondary N) is 1. The van der Waals surface area contributed by atoms with Crippen LogP contribution >= 0.6 is 0 Å². The molecule has 2 bridgehead atoms. The van der Waals surface area contributed by atoms with Crippen LogP contribution in [0.3, 0.4) is 0 Å². The molecule has 0 unspecified atom stereocenters. The highest BCUT2D eigenvalue weighted by molar-refractivity contribution is 7.93. The molecule has 34 heavy (non-hydrogen) atoms. The third kappa shape index (κ3) is 3.91. The number of fused-ring (bicyclic) bond motifs is 5. The molecule has 1 aromatic carbocycles. The maximum atomic E-state index is 14.5. The Labute approximate surface area is 193 Å². The predicted octanol–water partition coefficient (Wildman–Crippen LogP) is 4.16. The molecule has 2 aliphatic heterocycles. The highest BCUT2D eigenvalue weighted by Gasteiger charge is 2.43. The lowest BCUT2D eigenvalue weighted by Crippen LogP contribution is -2.29. The van der Waals surface area contributed by atoms with Crippen molar-refractivity contribution in [2.75, 3.05) is 28.5 Å². The average Bonchev–Trinajstić information content (AvgIpc) is 3.13. The molecule has 1 N–H and O–H groups in total. The van der Waals surface area contributed by atoms with Crippen LogP contribution < -0.4 is 14.4 Å². The zero-order valence-corrected chi connectivity index (χ0v) is 18.8. The van der Waals surface area contributed by atoms with Crippen LogP contribution in [0.15, 0.2) is 36.5 Å². The second-order valence-electron chi connectivity index (χ2n) is 8.02. The minimum absolute atomic E-state index is 0.0792. The normalized spacial score (nSPS) is 20.7. The van der Waals surface area contributed by atoms with Gasteiger partial charge in [0.05, 0.1) is 28.9 Å². The van der Waals surface area contributed by atoms with Crippen molar-refractivity contribution >= 4 is 38.6 Å². The van der Waals surface area contributed by atoms with Crippen molar-refractivity contribution in [3.05, 3.63) is 53.2 Å². The molecule has 0 saturated carbocycles. The Bertz CT molecular complexity index is 1410. The van der Waals surface area contributed by atoms with E-state index in [2.05, 4.69) is 20.3 Å². The summed E-state index contributed by atoms with van der Waals surface area (Å²) in [5, 5.41) is 2.71. The van der Waals surface area contributed by atoms with Crippen molar-refractivity contribution in [3.63, 3.8) is 0 Å². The van der Waals surface area contributed by atoms with E-state index in [4.69, 9.17) is 4.74 Å². The van der Waals surface area contributed by atoms with Crippen molar-refractivity contribution in [3.8, 4) is 6.01 Å². The maximum Gasteiger partial charge on any atom is 0.420 e. The number of hydrogen-bond acceptors (Lipinski definition) is 7. The summed E-state index contributed by atoms with van der Waals surface area (Å²) >= 11 is 0. The highest BCUT2D eigenvalue weighted by Crippen LogP contribution is 2.44. The average molecular weight is 491 g/mol. The fourth-order valence-corrected chi connectivity index (χ4v) is 5.76. The molecule has 0 spiro atoms. The molecule has 0 aliphatic carbocycles. The minimum atomic E-state index is -4.92. The minimum Gasteiger partial charge on any atom is -0.459 e. The lowest BCUT2D eigenvalue weighted by atomic mass is 10.0. The number of rotatable bonds is 1. The van der Waals surface area contributed by atoms with Crippen molar-refractivity contribution in [2.45, 2.75) is 25.6 Å². The molecule has 5 rings (SSSR count). The summed E-state index contributed by atoms with van der Waals surface area (Å²) < 4.78 is 74.6. The van der Waals surface area contributed by atoms with Crippen LogP contribution in [0.4, 0.5) is 24.8 Å². The van der Waals surface area contributed by atoms with Crippen molar-refractivity contribution in [2.24, 2.45) is 0 Å². The zero-order chi connectivity index (χ0) is 24.1. The Morgan fingerprint density at radius 1 is 1.21 bits per heavy atom. The molecule has 2 aromatic heterocycles. The second kappa shape index (κ2) is 8.12. The molecule has 12 heteroatoms. The summed E-state index contributed by atoms with van der Waals surface area (Å²) in [6.07, 6.45) is 0.0555. The summed E-state index contributed by atoms with van der Waals surface area (Å²) in [6, 6.07) is 6.91. The molecule has 8 nitrogen and oxygen atoms in total. The van der Waals surface area contributed by atoms with Crippen molar-refractivity contribution < 1.29 is 26.3 Å². The van der Waals surface area contributed by atoms with E-state index in [1.807, 2.05) is 30.3 Å². The fourth-order valence-electron chi connectivity index (χ4n) is 4.24. The molecule has 2 aliphatic rings. The number of halogens is 3. The third-order valence-corrected chi connectivity index (χ3v) is 7.57. The number of anilines is 2. The van der Waals surface area contributed by atoms with Gasteiger partial charge < -0.3 is 10.1 Å². The first-order chi connectivity index (χ1) is 16.1. The van der Waals surface area contributed by atoms with E-state index in [1.165, 1.54) is 0 Å². The number of sulfonamides is 1. The van der Waals surface area contributed by atoms with Gasteiger partial charge in [-0.25, -0.2) is 13.4 Å². The van der Waals surface area contributed by atoms with Gasteiger partial charge in [0.15, 0.2) is 5.82 Å². The van der Waals surface area contributed by atoms with E-state index in [0.29, 0.717) is 0 Å². The number of ether oxygens (including phenoxy) is 1. The van der Waals surface area contributed by atoms with Crippen LogP contribution in [0.5, 0.6) is 6.01 Å². The summed E-state index contributed by atoms with van der Waals surface area (Å²) in [5.41, 5.74) is 0.417. The first-order valence-electron chi connectivity index (χ1n) is 10.6. The summed E-state index contributed by atoms with van der Waals surface area (Å²) in [4.78, 5) is 12.3. The third-order valence-electron chi connectivity index (χ3n) is 5.74. The standard InChI is InChI=1S/C22H20F3N5O3S/c1-13-15-8-3-2-6-14(15)7-4-10-33-21-28-16-12-26-20(30-9-5-11-34(30,31)32)18(22(23,24)25)17(16)19(27-13)29-21/h2-4,6-8,12-13H,5,9-11H2,1H3,(H,27,28,29)/b7-4-/t13-/m1/s1. The molecular formula is C22H20F3N5O3S. The van der Waals surface area contributed by atoms with E-state index < -0.39 is 33.6 Å². The molecule has 0 amide bonds. The van der Waals surface area contributed by atoms with Gasteiger partial charge in [0.1, 0.15) is 18.0 Å². The lowest BCUT2D eigenvalue weighted by Gasteiger charge is -2.24. The number of alkyl halides is 3. The number of hydrogen-bond donors (Lipinski definition) is 1. The molecule has 4 heterocycles. The molecule has 1 atom stereocenters. The first kappa shape index (κ1) is 22.4. The van der Waals surface area contributed by atoms with Crippen molar-refractivity contribution in [1.82, 2.24) is 15.0 Å². The van der Waals surface area contributed by atoms with E-state index in [1.54, 1.807) is 13.0 Å². The highest BCUT2D eigenvalue weighted by atomic mass is 32.2. The molecule has 3 aromatic rings. The fraction of sp³-hybridized carbons (Fsp3) is 0.318. The monoisotopic (exact) mass is 491 g/mol. The molecule has 178 valence electrons. The molecule has 1 fully saturated rings.